The van der Waals surface area contributed by atoms with Crippen molar-refractivity contribution in [3.8, 4) is 0 Å². The van der Waals surface area contributed by atoms with Crippen molar-refractivity contribution in [1.82, 2.24) is 5.32 Å². The second-order valence-corrected chi connectivity index (χ2v) is 3.68. The number of hydrogen-bond acceptors (Lipinski definition) is 1. The normalized spacial score (nSPS) is 14.1. The van der Waals surface area contributed by atoms with Gasteiger partial charge in [-0.2, -0.15) is 22.0 Å². The number of halogens is 5. The van der Waals surface area contributed by atoms with Crippen LogP contribution >= 0.6 is 0 Å². The summed E-state index contributed by atoms with van der Waals surface area (Å²) in [6.45, 7) is 1.32. The van der Waals surface area contributed by atoms with Gasteiger partial charge < -0.3 is 5.32 Å². The maximum absolute atomic E-state index is 12.7. The summed E-state index contributed by atoms with van der Waals surface area (Å²) in [5.74, 6) is -7.75. The molecule has 1 amide bonds. The van der Waals surface area contributed by atoms with E-state index in [0.29, 0.717) is 5.56 Å². The molecule has 1 atom stereocenters. The molecule has 0 aliphatic heterocycles. The molecule has 0 bridgehead atoms. The first-order valence-corrected chi connectivity index (χ1v) is 4.96. The van der Waals surface area contributed by atoms with Gasteiger partial charge in [-0.25, -0.2) is 0 Å². The molecule has 1 aromatic rings. The fraction of sp³-hybridized carbons (Fsp3) is 0.364. The Morgan fingerprint density at radius 1 is 1.11 bits per heavy atom. The van der Waals surface area contributed by atoms with E-state index in [-0.39, 0.29) is 0 Å². The average Bonchev–Trinajstić information content (AvgIpc) is 2.28. The van der Waals surface area contributed by atoms with Crippen LogP contribution in [-0.2, 0) is 4.79 Å². The van der Waals surface area contributed by atoms with Crippen LogP contribution < -0.4 is 5.32 Å². The molecule has 1 N–H and O–H groups in total. The third-order valence-electron chi connectivity index (χ3n) is 2.29. The number of benzene rings is 1. The molecule has 0 aliphatic rings. The summed E-state index contributed by atoms with van der Waals surface area (Å²) in [7, 11) is 0. The minimum atomic E-state index is -5.90. The lowest BCUT2D eigenvalue weighted by molar-refractivity contribution is -0.270. The van der Waals surface area contributed by atoms with Crippen molar-refractivity contribution in [1.29, 1.82) is 0 Å². The Hall–Kier alpha value is -1.66. The van der Waals surface area contributed by atoms with Crippen LogP contribution in [0.15, 0.2) is 30.3 Å². The van der Waals surface area contributed by atoms with Gasteiger partial charge >= 0.3 is 18.0 Å². The van der Waals surface area contributed by atoms with E-state index in [4.69, 9.17) is 0 Å². The van der Waals surface area contributed by atoms with Crippen LogP contribution in [0.3, 0.4) is 0 Å². The number of alkyl halides is 5. The second kappa shape index (κ2) is 4.91. The van der Waals surface area contributed by atoms with Gasteiger partial charge in [0, 0.05) is 0 Å². The standard InChI is InChI=1S/C11H10F5NO/c1-7(8-5-3-2-4-6-8)17-9(18)10(12,13)11(14,15)16/h2-7H,1H3,(H,17,18)/t7-/m1/s1. The molecule has 0 aliphatic carbocycles. The lowest BCUT2D eigenvalue weighted by atomic mass is 10.1. The van der Waals surface area contributed by atoms with Crippen LogP contribution in [0.4, 0.5) is 22.0 Å². The highest BCUT2D eigenvalue weighted by atomic mass is 19.4. The first kappa shape index (κ1) is 14.4. The van der Waals surface area contributed by atoms with E-state index >= 15 is 0 Å². The molecule has 0 heterocycles. The Kier molecular flexibility index (Phi) is 3.93. The van der Waals surface area contributed by atoms with Crippen molar-refractivity contribution in [2.75, 3.05) is 0 Å². The van der Waals surface area contributed by atoms with Crippen molar-refractivity contribution in [3.63, 3.8) is 0 Å². The topological polar surface area (TPSA) is 29.1 Å². The van der Waals surface area contributed by atoms with Crippen molar-refractivity contribution < 1.29 is 26.7 Å². The lowest BCUT2D eigenvalue weighted by Gasteiger charge is -2.21. The summed E-state index contributed by atoms with van der Waals surface area (Å²) in [6.07, 6.45) is -5.90. The molecule has 0 spiro atoms. The molecule has 0 unspecified atom stereocenters. The van der Waals surface area contributed by atoms with E-state index in [2.05, 4.69) is 0 Å². The maximum atomic E-state index is 12.7. The molecule has 100 valence electrons. The van der Waals surface area contributed by atoms with Gasteiger partial charge in [0.05, 0.1) is 6.04 Å². The smallest absolute Gasteiger partial charge is 0.344 e. The Bertz CT molecular complexity index is 415. The van der Waals surface area contributed by atoms with Gasteiger partial charge in [0.1, 0.15) is 0 Å². The highest BCUT2D eigenvalue weighted by Crippen LogP contribution is 2.35. The van der Waals surface area contributed by atoms with E-state index in [1.807, 2.05) is 0 Å². The molecule has 2 nitrogen and oxygen atoms in total. The van der Waals surface area contributed by atoms with Crippen LogP contribution in [-0.4, -0.2) is 18.0 Å². The molecule has 0 radical (unpaired) electrons. The second-order valence-electron chi connectivity index (χ2n) is 3.68. The molecule has 0 saturated carbocycles. The molecule has 1 aromatic carbocycles. The predicted octanol–water partition coefficient (Wildman–Crippen LogP) is 3.06. The van der Waals surface area contributed by atoms with Crippen molar-refractivity contribution >= 4 is 5.91 Å². The summed E-state index contributed by atoms with van der Waals surface area (Å²) < 4.78 is 61.1. The average molecular weight is 267 g/mol. The summed E-state index contributed by atoms with van der Waals surface area (Å²) in [5.41, 5.74) is 0.434. The Balaban J connectivity index is 2.78. The Morgan fingerprint density at radius 2 is 1.61 bits per heavy atom. The number of hydrogen-bond donors (Lipinski definition) is 1. The maximum Gasteiger partial charge on any atom is 0.463 e. The van der Waals surface area contributed by atoms with Gasteiger partial charge in [-0.1, -0.05) is 30.3 Å². The van der Waals surface area contributed by atoms with Crippen LogP contribution in [0.5, 0.6) is 0 Å². The van der Waals surface area contributed by atoms with Gasteiger partial charge in [0.15, 0.2) is 0 Å². The van der Waals surface area contributed by atoms with Gasteiger partial charge in [0.25, 0.3) is 0 Å². The van der Waals surface area contributed by atoms with Crippen LogP contribution in [0.25, 0.3) is 0 Å². The van der Waals surface area contributed by atoms with Gasteiger partial charge in [-0.15, -0.1) is 0 Å². The highest BCUT2D eigenvalue weighted by molar-refractivity contribution is 5.84. The number of carbonyl (C=O) groups excluding carboxylic acids is 1. The highest BCUT2D eigenvalue weighted by Gasteiger charge is 2.63. The first-order chi connectivity index (χ1) is 8.16. The molecule has 0 aromatic heterocycles. The van der Waals surface area contributed by atoms with Crippen LogP contribution in [0.2, 0.25) is 0 Å². The molecule has 18 heavy (non-hydrogen) atoms. The summed E-state index contributed by atoms with van der Waals surface area (Å²) in [6, 6.07) is 6.90. The van der Waals surface area contributed by atoms with Crippen molar-refractivity contribution in [3.05, 3.63) is 35.9 Å². The van der Waals surface area contributed by atoms with Gasteiger partial charge in [-0.05, 0) is 12.5 Å². The van der Waals surface area contributed by atoms with Gasteiger partial charge in [0.2, 0.25) is 0 Å². The van der Waals surface area contributed by atoms with Gasteiger partial charge in [-0.3, -0.25) is 4.79 Å². The van der Waals surface area contributed by atoms with Crippen molar-refractivity contribution in [2.24, 2.45) is 0 Å². The SMILES string of the molecule is C[C@@H](NC(=O)C(F)(F)C(F)(F)F)c1ccccc1. The Morgan fingerprint density at radius 3 is 2.06 bits per heavy atom. The summed E-state index contributed by atoms with van der Waals surface area (Å²) in [5, 5.41) is 1.63. The fourth-order valence-electron chi connectivity index (χ4n) is 1.24. The van der Waals surface area contributed by atoms with Crippen molar-refractivity contribution in [2.45, 2.75) is 25.1 Å². The molecular formula is C11H10F5NO. The molecular weight excluding hydrogens is 257 g/mol. The number of nitrogens with one attached hydrogen (secondary N) is 1. The van der Waals surface area contributed by atoms with E-state index in [1.54, 1.807) is 23.5 Å². The van der Waals surface area contributed by atoms with E-state index < -0.39 is 24.0 Å². The zero-order chi connectivity index (χ0) is 14.0. The van der Waals surface area contributed by atoms with Crippen LogP contribution in [0, 0.1) is 0 Å². The minimum Gasteiger partial charge on any atom is -0.344 e. The molecule has 0 saturated heterocycles. The third kappa shape index (κ3) is 2.96. The van der Waals surface area contributed by atoms with Crippen LogP contribution in [0.1, 0.15) is 18.5 Å². The molecule has 0 fully saturated rings. The van der Waals surface area contributed by atoms with E-state index in [9.17, 15) is 26.7 Å². The quantitative estimate of drug-likeness (QED) is 0.838. The van der Waals surface area contributed by atoms with E-state index in [0.717, 1.165) is 0 Å². The zero-order valence-electron chi connectivity index (χ0n) is 9.26. The third-order valence-corrected chi connectivity index (χ3v) is 2.29. The number of carbonyl (C=O) groups is 1. The molecule has 7 heteroatoms. The minimum absolute atomic E-state index is 0.434. The first-order valence-electron chi connectivity index (χ1n) is 4.96. The Labute approximate surface area is 99.8 Å². The summed E-state index contributed by atoms with van der Waals surface area (Å²) in [4.78, 5) is 10.9. The predicted molar refractivity (Wildman–Crippen MR) is 54.0 cm³/mol. The van der Waals surface area contributed by atoms with E-state index in [1.165, 1.54) is 19.1 Å². The molecule has 1 rings (SSSR count). The fourth-order valence-corrected chi connectivity index (χ4v) is 1.24. The largest absolute Gasteiger partial charge is 0.463 e. The monoisotopic (exact) mass is 267 g/mol. The zero-order valence-corrected chi connectivity index (χ0v) is 9.26. The lowest BCUT2D eigenvalue weighted by Crippen LogP contribution is -2.50. The number of rotatable bonds is 3. The summed E-state index contributed by atoms with van der Waals surface area (Å²) >= 11 is 0. The number of amides is 1.